The second kappa shape index (κ2) is 5.46. The van der Waals surface area contributed by atoms with Crippen LogP contribution in [0.3, 0.4) is 0 Å². The fourth-order valence-corrected chi connectivity index (χ4v) is 1.91. The predicted octanol–water partition coefficient (Wildman–Crippen LogP) is 1.98. The van der Waals surface area contributed by atoms with Gasteiger partial charge in [0.2, 0.25) is 5.78 Å². The van der Waals surface area contributed by atoms with Crippen molar-refractivity contribution in [3.8, 4) is 5.75 Å². The number of benzene rings is 1. The van der Waals surface area contributed by atoms with E-state index >= 15 is 0 Å². The Balaban J connectivity index is 2.51. The minimum absolute atomic E-state index is 0.143. The van der Waals surface area contributed by atoms with Gasteiger partial charge in [0.15, 0.2) is 5.69 Å². The van der Waals surface area contributed by atoms with Gasteiger partial charge in [0, 0.05) is 12.6 Å². The van der Waals surface area contributed by atoms with Gasteiger partial charge in [-0.1, -0.05) is 11.6 Å². The molecule has 6 heteroatoms. The monoisotopic (exact) mass is 292 g/mol. The fraction of sp³-hybridized carbons (Fsp3) is 0.214. The summed E-state index contributed by atoms with van der Waals surface area (Å²) < 4.78 is 6.33. The molecule has 1 aromatic heterocycles. The van der Waals surface area contributed by atoms with E-state index in [2.05, 4.69) is 4.98 Å². The number of rotatable bonds is 3. The highest BCUT2D eigenvalue weighted by molar-refractivity contribution is 6.30. The number of halogens is 1. The Kier molecular flexibility index (Phi) is 3.90. The molecule has 0 aliphatic heterocycles. The maximum Gasteiger partial charge on any atom is 0.280 e. The molecule has 0 aliphatic rings. The molecule has 1 aromatic carbocycles. The van der Waals surface area contributed by atoms with Gasteiger partial charge in [0.1, 0.15) is 10.9 Å². The highest BCUT2D eigenvalue weighted by atomic mass is 35.5. The van der Waals surface area contributed by atoms with E-state index in [-0.39, 0.29) is 10.8 Å². The van der Waals surface area contributed by atoms with Crippen molar-refractivity contribution in [1.82, 2.24) is 9.55 Å². The van der Waals surface area contributed by atoms with Crippen LogP contribution >= 0.6 is 11.6 Å². The van der Waals surface area contributed by atoms with Gasteiger partial charge in [-0.05, 0) is 31.2 Å². The third-order valence-corrected chi connectivity index (χ3v) is 3.44. The van der Waals surface area contributed by atoms with Gasteiger partial charge in [-0.3, -0.25) is 9.59 Å². The van der Waals surface area contributed by atoms with Crippen molar-refractivity contribution in [3.63, 3.8) is 0 Å². The van der Waals surface area contributed by atoms with Crippen LogP contribution in [0.4, 0.5) is 0 Å². The maximum atomic E-state index is 12.3. The molecular weight excluding hydrogens is 280 g/mol. The minimum atomic E-state index is -0.465. The van der Waals surface area contributed by atoms with Crippen LogP contribution in [-0.4, -0.2) is 22.4 Å². The summed E-state index contributed by atoms with van der Waals surface area (Å²) in [7, 11) is 3.09. The molecule has 2 aromatic rings. The van der Waals surface area contributed by atoms with Crippen molar-refractivity contribution in [3.05, 3.63) is 56.7 Å². The zero-order valence-corrected chi connectivity index (χ0v) is 12.1. The fourth-order valence-electron chi connectivity index (χ4n) is 1.70. The summed E-state index contributed by atoms with van der Waals surface area (Å²) in [4.78, 5) is 28.3. The van der Waals surface area contributed by atoms with Crippen molar-refractivity contribution < 1.29 is 9.53 Å². The quantitative estimate of drug-likeness (QED) is 0.812. The number of ketones is 1. The normalized spacial score (nSPS) is 10.4. The molecule has 0 amide bonds. The maximum absolute atomic E-state index is 12.3. The van der Waals surface area contributed by atoms with Gasteiger partial charge in [-0.2, -0.15) is 0 Å². The van der Waals surface area contributed by atoms with Gasteiger partial charge in [-0.25, -0.2) is 4.98 Å². The standard InChI is InChI=1S/C14H13ClN2O3/c1-8-13(15)16-11(14(19)17(8)2)12(18)9-4-6-10(20-3)7-5-9/h4-7H,1-3H3. The molecule has 0 N–H and O–H groups in total. The summed E-state index contributed by atoms with van der Waals surface area (Å²) in [6.45, 7) is 1.67. The molecule has 0 fully saturated rings. The molecule has 1 heterocycles. The molecule has 0 spiro atoms. The van der Waals surface area contributed by atoms with Crippen LogP contribution in [0.25, 0.3) is 0 Å². The van der Waals surface area contributed by atoms with Crippen LogP contribution in [0.15, 0.2) is 29.1 Å². The molecule has 0 saturated carbocycles. The van der Waals surface area contributed by atoms with E-state index in [9.17, 15) is 9.59 Å². The van der Waals surface area contributed by atoms with E-state index in [1.54, 1.807) is 38.2 Å². The second-order valence-electron chi connectivity index (χ2n) is 4.26. The lowest BCUT2D eigenvalue weighted by molar-refractivity contribution is 0.103. The number of carbonyl (C=O) groups is 1. The zero-order chi connectivity index (χ0) is 14.9. The first-order valence-corrected chi connectivity index (χ1v) is 6.25. The van der Waals surface area contributed by atoms with E-state index in [1.807, 2.05) is 0 Å². The summed E-state index contributed by atoms with van der Waals surface area (Å²) in [6, 6.07) is 6.45. The van der Waals surface area contributed by atoms with Gasteiger partial charge in [-0.15, -0.1) is 0 Å². The van der Waals surface area contributed by atoms with E-state index in [0.717, 1.165) is 0 Å². The van der Waals surface area contributed by atoms with Crippen molar-refractivity contribution in [2.45, 2.75) is 6.92 Å². The molecule has 0 aliphatic carbocycles. The van der Waals surface area contributed by atoms with E-state index in [0.29, 0.717) is 17.0 Å². The first kappa shape index (κ1) is 14.3. The van der Waals surface area contributed by atoms with E-state index in [4.69, 9.17) is 16.3 Å². The van der Waals surface area contributed by atoms with Crippen LogP contribution in [0.1, 0.15) is 21.7 Å². The Hall–Kier alpha value is -2.14. The van der Waals surface area contributed by atoms with Crippen molar-refractivity contribution in [1.29, 1.82) is 0 Å². The van der Waals surface area contributed by atoms with Gasteiger partial charge in [0.05, 0.1) is 12.8 Å². The van der Waals surface area contributed by atoms with E-state index in [1.165, 1.54) is 11.7 Å². The topological polar surface area (TPSA) is 61.2 Å². The lowest BCUT2D eigenvalue weighted by Crippen LogP contribution is -2.28. The number of nitrogens with zero attached hydrogens (tertiary/aromatic N) is 2. The Labute approximate surface area is 120 Å². The molecule has 0 bridgehead atoms. The smallest absolute Gasteiger partial charge is 0.280 e. The van der Waals surface area contributed by atoms with Crippen LogP contribution in [0.5, 0.6) is 5.75 Å². The van der Waals surface area contributed by atoms with Crippen LogP contribution in [0.2, 0.25) is 5.15 Å². The molecule has 0 unspecified atom stereocenters. The summed E-state index contributed by atoms with van der Waals surface area (Å²) in [5, 5.41) is 0.143. The number of carbonyl (C=O) groups excluding carboxylic acids is 1. The highest BCUT2D eigenvalue weighted by Gasteiger charge is 2.18. The largest absolute Gasteiger partial charge is 0.497 e. The van der Waals surface area contributed by atoms with Gasteiger partial charge in [0.25, 0.3) is 5.56 Å². The van der Waals surface area contributed by atoms with Crippen molar-refractivity contribution in [2.24, 2.45) is 7.05 Å². The SMILES string of the molecule is COc1ccc(C(=O)c2nc(Cl)c(C)n(C)c2=O)cc1. The Morgan fingerprint density at radius 3 is 2.45 bits per heavy atom. The van der Waals surface area contributed by atoms with Gasteiger partial charge < -0.3 is 9.30 Å². The molecule has 20 heavy (non-hydrogen) atoms. The zero-order valence-electron chi connectivity index (χ0n) is 11.3. The number of methoxy groups -OCH3 is 1. The summed E-state index contributed by atoms with van der Waals surface area (Å²) in [5.41, 5.74) is 0.222. The molecule has 2 rings (SSSR count). The van der Waals surface area contributed by atoms with Crippen LogP contribution in [0, 0.1) is 6.92 Å². The predicted molar refractivity (Wildman–Crippen MR) is 75.7 cm³/mol. The molecule has 0 saturated heterocycles. The summed E-state index contributed by atoms with van der Waals surface area (Å²) >= 11 is 5.93. The van der Waals surface area contributed by atoms with Crippen molar-refractivity contribution >= 4 is 17.4 Å². The molecule has 0 atom stereocenters. The van der Waals surface area contributed by atoms with Crippen molar-refractivity contribution in [2.75, 3.05) is 7.11 Å². The first-order chi connectivity index (χ1) is 9.45. The highest BCUT2D eigenvalue weighted by Crippen LogP contribution is 2.15. The number of ether oxygens (including phenoxy) is 1. The molecule has 0 radical (unpaired) electrons. The lowest BCUT2D eigenvalue weighted by atomic mass is 10.1. The third kappa shape index (κ3) is 2.44. The Morgan fingerprint density at radius 1 is 1.30 bits per heavy atom. The number of hydrogen-bond donors (Lipinski definition) is 0. The lowest BCUT2D eigenvalue weighted by Gasteiger charge is -2.08. The summed E-state index contributed by atoms with van der Waals surface area (Å²) in [6.07, 6.45) is 0. The summed E-state index contributed by atoms with van der Waals surface area (Å²) in [5.74, 6) is 0.166. The third-order valence-electron chi connectivity index (χ3n) is 3.09. The first-order valence-electron chi connectivity index (χ1n) is 5.87. The van der Waals surface area contributed by atoms with Crippen LogP contribution in [-0.2, 0) is 7.05 Å². The average Bonchev–Trinajstić information content (AvgIpc) is 2.48. The minimum Gasteiger partial charge on any atom is -0.497 e. The Bertz CT molecular complexity index is 720. The number of aromatic nitrogens is 2. The van der Waals surface area contributed by atoms with Crippen LogP contribution < -0.4 is 10.3 Å². The average molecular weight is 293 g/mol. The molecule has 104 valence electrons. The van der Waals surface area contributed by atoms with Gasteiger partial charge >= 0.3 is 0 Å². The second-order valence-corrected chi connectivity index (χ2v) is 4.62. The van der Waals surface area contributed by atoms with E-state index < -0.39 is 11.3 Å². The molecule has 5 nitrogen and oxygen atoms in total. The molecular formula is C14H13ClN2O3. The number of hydrogen-bond acceptors (Lipinski definition) is 4. The Morgan fingerprint density at radius 2 is 1.90 bits per heavy atom.